The van der Waals surface area contributed by atoms with Crippen molar-refractivity contribution >= 4 is 11.9 Å². The van der Waals surface area contributed by atoms with E-state index >= 15 is 0 Å². The molecule has 0 radical (unpaired) electrons. The van der Waals surface area contributed by atoms with Crippen molar-refractivity contribution in [2.45, 2.75) is 45.1 Å². The first-order valence-corrected chi connectivity index (χ1v) is 8.99. The number of hydrogen-bond donors (Lipinski definition) is 0. The maximum Gasteiger partial charge on any atom is 0.338 e. The molecule has 26 heavy (non-hydrogen) atoms. The van der Waals surface area contributed by atoms with Crippen LogP contribution < -0.4 is 0 Å². The Labute approximate surface area is 152 Å². The van der Waals surface area contributed by atoms with Gasteiger partial charge in [0.15, 0.2) is 6.61 Å². The second-order valence-electron chi connectivity index (χ2n) is 6.35. The fourth-order valence-corrected chi connectivity index (χ4v) is 3.35. The van der Waals surface area contributed by atoms with E-state index in [1.807, 2.05) is 11.8 Å². The van der Waals surface area contributed by atoms with Gasteiger partial charge in [0.05, 0.1) is 11.3 Å². The van der Waals surface area contributed by atoms with E-state index in [1.165, 1.54) is 17.4 Å². The van der Waals surface area contributed by atoms with Crippen molar-refractivity contribution in [2.24, 2.45) is 0 Å². The number of nitrogens with zero attached hydrogens (tertiary/aromatic N) is 5. The smallest absolute Gasteiger partial charge is 0.338 e. The van der Waals surface area contributed by atoms with Gasteiger partial charge in [-0.1, -0.05) is 19.3 Å². The van der Waals surface area contributed by atoms with Crippen molar-refractivity contribution in [2.75, 3.05) is 13.2 Å². The van der Waals surface area contributed by atoms with Gasteiger partial charge in [0, 0.05) is 12.6 Å². The lowest BCUT2D eigenvalue weighted by atomic mass is 9.94. The number of amides is 1. The predicted molar refractivity (Wildman–Crippen MR) is 93.7 cm³/mol. The Morgan fingerprint density at radius 2 is 1.92 bits per heavy atom. The van der Waals surface area contributed by atoms with Gasteiger partial charge in [-0.05, 0) is 54.5 Å². The highest BCUT2D eigenvalue weighted by atomic mass is 16.5. The van der Waals surface area contributed by atoms with E-state index in [-0.39, 0.29) is 18.6 Å². The minimum atomic E-state index is -0.513. The van der Waals surface area contributed by atoms with Gasteiger partial charge in [-0.25, -0.2) is 9.48 Å². The topological polar surface area (TPSA) is 90.2 Å². The third-order valence-electron chi connectivity index (χ3n) is 4.72. The van der Waals surface area contributed by atoms with Gasteiger partial charge in [0.1, 0.15) is 6.33 Å². The van der Waals surface area contributed by atoms with Gasteiger partial charge >= 0.3 is 5.97 Å². The number of hydrogen-bond acceptors (Lipinski definition) is 6. The summed E-state index contributed by atoms with van der Waals surface area (Å²) in [7, 11) is 0. The van der Waals surface area contributed by atoms with E-state index in [0.717, 1.165) is 31.4 Å². The Morgan fingerprint density at radius 1 is 1.19 bits per heavy atom. The molecule has 1 saturated carbocycles. The van der Waals surface area contributed by atoms with Crippen molar-refractivity contribution in [3.8, 4) is 5.69 Å². The third-order valence-corrected chi connectivity index (χ3v) is 4.72. The van der Waals surface area contributed by atoms with Crippen molar-refractivity contribution in [1.82, 2.24) is 25.1 Å². The molecular weight excluding hydrogens is 334 g/mol. The molecule has 1 aromatic carbocycles. The molecule has 0 saturated heterocycles. The average Bonchev–Trinajstić information content (AvgIpc) is 3.22. The number of rotatable bonds is 6. The molecule has 3 rings (SSSR count). The first-order valence-electron chi connectivity index (χ1n) is 8.99. The van der Waals surface area contributed by atoms with Gasteiger partial charge in [-0.3, -0.25) is 4.79 Å². The molecule has 0 unspecified atom stereocenters. The molecule has 2 aromatic rings. The Hall–Kier alpha value is -2.77. The lowest BCUT2D eigenvalue weighted by molar-refractivity contribution is -0.137. The van der Waals surface area contributed by atoms with Crippen LogP contribution in [-0.2, 0) is 9.53 Å². The summed E-state index contributed by atoms with van der Waals surface area (Å²) in [5.74, 6) is -0.639. The number of carbonyl (C=O) groups excluding carboxylic acids is 2. The molecule has 0 atom stereocenters. The Kier molecular flexibility index (Phi) is 5.93. The number of esters is 1. The van der Waals surface area contributed by atoms with Crippen LogP contribution in [0.3, 0.4) is 0 Å². The Bertz CT molecular complexity index is 724. The summed E-state index contributed by atoms with van der Waals surface area (Å²) in [5, 5.41) is 10.9. The van der Waals surface area contributed by atoms with E-state index in [4.69, 9.17) is 4.74 Å². The van der Waals surface area contributed by atoms with Crippen LogP contribution in [0.15, 0.2) is 30.6 Å². The Balaban J connectivity index is 1.55. The summed E-state index contributed by atoms with van der Waals surface area (Å²) in [6, 6.07) is 6.96. The summed E-state index contributed by atoms with van der Waals surface area (Å²) in [4.78, 5) is 26.5. The number of benzene rings is 1. The minimum absolute atomic E-state index is 0.127. The lowest BCUT2D eigenvalue weighted by Gasteiger charge is -2.33. The maximum atomic E-state index is 12.4. The first-order chi connectivity index (χ1) is 12.7. The molecular formula is C18H23N5O3. The zero-order valence-corrected chi connectivity index (χ0v) is 14.9. The van der Waals surface area contributed by atoms with E-state index in [0.29, 0.717) is 12.1 Å². The minimum Gasteiger partial charge on any atom is -0.452 e. The summed E-state index contributed by atoms with van der Waals surface area (Å²) < 4.78 is 6.70. The highest BCUT2D eigenvalue weighted by Crippen LogP contribution is 2.22. The zero-order valence-electron chi connectivity index (χ0n) is 14.9. The van der Waals surface area contributed by atoms with Crippen LogP contribution >= 0.6 is 0 Å². The summed E-state index contributed by atoms with van der Waals surface area (Å²) in [5.41, 5.74) is 1.12. The van der Waals surface area contributed by atoms with E-state index in [2.05, 4.69) is 15.5 Å². The van der Waals surface area contributed by atoms with E-state index in [9.17, 15) is 9.59 Å². The van der Waals surface area contributed by atoms with Crippen LogP contribution in [0.1, 0.15) is 49.4 Å². The molecule has 1 aliphatic rings. The van der Waals surface area contributed by atoms with E-state index < -0.39 is 5.97 Å². The lowest BCUT2D eigenvalue weighted by Crippen LogP contribution is -2.43. The number of likely N-dealkylation sites (N-methyl/N-ethyl adjacent to an activating group) is 1. The molecule has 0 bridgehead atoms. The average molecular weight is 357 g/mol. The van der Waals surface area contributed by atoms with Crippen LogP contribution in [0.25, 0.3) is 5.69 Å². The molecule has 1 aromatic heterocycles. The van der Waals surface area contributed by atoms with Crippen LogP contribution in [0.2, 0.25) is 0 Å². The third kappa shape index (κ3) is 4.25. The molecule has 0 spiro atoms. The molecule has 0 N–H and O–H groups in total. The van der Waals surface area contributed by atoms with Crippen molar-refractivity contribution < 1.29 is 14.3 Å². The number of aromatic nitrogens is 4. The summed E-state index contributed by atoms with van der Waals surface area (Å²) in [6.07, 6.45) is 7.08. The summed E-state index contributed by atoms with van der Waals surface area (Å²) in [6.45, 7) is 2.38. The van der Waals surface area contributed by atoms with Crippen LogP contribution in [0.5, 0.6) is 0 Å². The molecule has 1 fully saturated rings. The molecule has 8 nitrogen and oxygen atoms in total. The molecule has 138 valence electrons. The van der Waals surface area contributed by atoms with Crippen LogP contribution in [0, 0.1) is 0 Å². The predicted octanol–water partition coefficient (Wildman–Crippen LogP) is 2.00. The van der Waals surface area contributed by atoms with Gasteiger partial charge in [0.2, 0.25) is 0 Å². The van der Waals surface area contributed by atoms with Crippen LogP contribution in [-0.4, -0.2) is 56.2 Å². The fourth-order valence-electron chi connectivity index (χ4n) is 3.35. The molecule has 1 aliphatic carbocycles. The molecule has 1 heterocycles. The second-order valence-corrected chi connectivity index (χ2v) is 6.35. The SMILES string of the molecule is CCN(C(=O)COC(=O)c1ccc(-n2cnnn2)cc1)C1CCCCC1. The Morgan fingerprint density at radius 3 is 2.54 bits per heavy atom. The van der Waals surface area contributed by atoms with Gasteiger partial charge in [-0.2, -0.15) is 0 Å². The van der Waals surface area contributed by atoms with Crippen molar-refractivity contribution in [3.05, 3.63) is 36.2 Å². The normalized spacial score (nSPS) is 14.8. The number of ether oxygens (including phenoxy) is 1. The second kappa shape index (κ2) is 8.55. The van der Waals surface area contributed by atoms with Gasteiger partial charge in [0.25, 0.3) is 5.91 Å². The largest absolute Gasteiger partial charge is 0.452 e. The summed E-state index contributed by atoms with van der Waals surface area (Å²) >= 11 is 0. The quantitative estimate of drug-likeness (QED) is 0.735. The fraction of sp³-hybridized carbons (Fsp3) is 0.500. The molecule has 0 aliphatic heterocycles. The van der Waals surface area contributed by atoms with Crippen molar-refractivity contribution in [3.63, 3.8) is 0 Å². The highest BCUT2D eigenvalue weighted by molar-refractivity contribution is 5.91. The number of tetrazole rings is 1. The monoisotopic (exact) mass is 357 g/mol. The zero-order chi connectivity index (χ0) is 18.4. The maximum absolute atomic E-state index is 12.4. The van der Waals surface area contributed by atoms with E-state index in [1.54, 1.807) is 24.3 Å². The van der Waals surface area contributed by atoms with Crippen molar-refractivity contribution in [1.29, 1.82) is 0 Å². The van der Waals surface area contributed by atoms with Crippen LogP contribution in [0.4, 0.5) is 0 Å². The highest BCUT2D eigenvalue weighted by Gasteiger charge is 2.24. The molecule has 1 amide bonds. The van der Waals surface area contributed by atoms with Gasteiger partial charge < -0.3 is 9.64 Å². The first kappa shape index (κ1) is 18.0. The number of carbonyl (C=O) groups is 2. The van der Waals surface area contributed by atoms with Gasteiger partial charge in [-0.15, -0.1) is 5.10 Å². The standard InChI is InChI=1S/C18H23N5O3/c1-2-22(15-6-4-3-5-7-15)17(24)12-26-18(25)14-8-10-16(11-9-14)23-13-19-20-21-23/h8-11,13,15H,2-7,12H2,1H3. The molecule has 8 heteroatoms.